The molecule has 10 nitrogen and oxygen atoms in total. The van der Waals surface area contributed by atoms with Gasteiger partial charge in [0.15, 0.2) is 0 Å². The summed E-state index contributed by atoms with van der Waals surface area (Å²) in [6.45, 7) is 2.39. The van der Waals surface area contributed by atoms with Gasteiger partial charge in [-0.05, 0) is 0 Å². The van der Waals surface area contributed by atoms with Crippen molar-refractivity contribution in [3.05, 3.63) is 0 Å². The van der Waals surface area contributed by atoms with Crippen LogP contribution in [0.2, 0.25) is 0 Å². The van der Waals surface area contributed by atoms with Crippen LogP contribution in [0.3, 0.4) is 0 Å². The molecule has 0 saturated carbocycles. The maximum absolute atomic E-state index is 8.74. The van der Waals surface area contributed by atoms with Crippen LogP contribution in [0.25, 0.3) is 0 Å². The van der Waals surface area contributed by atoms with E-state index in [0.29, 0.717) is 26.2 Å². The first kappa shape index (κ1) is 29.3. The molecular weight excluding hydrogens is 232 g/mol. The maximum atomic E-state index is 8.74. The molecule has 0 aliphatic carbocycles. The minimum atomic E-state index is -4.67. The summed E-state index contributed by atoms with van der Waals surface area (Å²) in [6.07, 6.45) is 0. The number of hydrogen-bond donors (Lipinski definition) is 6. The average molecular weight is 254 g/mol. The molecule has 0 aromatic heterocycles. The molecule has 11 heteroatoms. The van der Waals surface area contributed by atoms with Gasteiger partial charge in [0.05, 0.1) is 0 Å². The van der Waals surface area contributed by atoms with Gasteiger partial charge < -0.3 is 33.9 Å². The van der Waals surface area contributed by atoms with Crippen molar-refractivity contribution >= 4 is 10.4 Å². The highest BCUT2D eigenvalue weighted by molar-refractivity contribution is 7.79. The lowest BCUT2D eigenvalue weighted by Gasteiger charge is -1.72. The first-order chi connectivity index (χ1) is 5.83. The van der Waals surface area contributed by atoms with E-state index in [4.69, 9.17) is 40.5 Å². The summed E-state index contributed by atoms with van der Waals surface area (Å²) >= 11 is 0. The van der Waals surface area contributed by atoms with Gasteiger partial charge >= 0.3 is 10.4 Å². The van der Waals surface area contributed by atoms with Crippen LogP contribution in [0.15, 0.2) is 0 Å². The van der Waals surface area contributed by atoms with Crippen molar-refractivity contribution in [3.8, 4) is 0 Å². The fraction of sp³-hybridized carbons (Fsp3) is 1.00. The fourth-order valence-corrected chi connectivity index (χ4v) is 0. The van der Waals surface area contributed by atoms with Gasteiger partial charge in [-0.15, -0.1) is 0 Å². The summed E-state index contributed by atoms with van der Waals surface area (Å²) in [5.74, 6) is 0. The van der Waals surface area contributed by atoms with Crippen LogP contribution in [-0.4, -0.2) is 54.7 Å². The molecule has 0 atom stereocenters. The van der Waals surface area contributed by atoms with Crippen LogP contribution >= 0.6 is 0 Å². The zero-order valence-electron chi connectivity index (χ0n) is 8.26. The van der Waals surface area contributed by atoms with E-state index in [1.165, 1.54) is 0 Å². The monoisotopic (exact) mass is 254 g/mol. The fourth-order valence-electron chi connectivity index (χ4n) is 0. The second kappa shape index (κ2) is 23.4. The van der Waals surface area contributed by atoms with Gasteiger partial charge in [0.2, 0.25) is 0 Å². The summed E-state index contributed by atoms with van der Waals surface area (Å²) in [7, 11) is -4.67. The van der Waals surface area contributed by atoms with Gasteiger partial charge in [0, 0.05) is 26.2 Å². The van der Waals surface area contributed by atoms with E-state index >= 15 is 0 Å². The highest BCUT2D eigenvalue weighted by Crippen LogP contribution is 1.59. The van der Waals surface area contributed by atoms with Crippen molar-refractivity contribution in [3.63, 3.8) is 0 Å². The van der Waals surface area contributed by atoms with Gasteiger partial charge in [-0.1, -0.05) is 0 Å². The van der Waals surface area contributed by atoms with Crippen LogP contribution in [-0.2, 0) is 10.4 Å². The molecule has 0 bridgehead atoms. The molecule has 14 N–H and O–H groups in total. The molecule has 0 aliphatic rings. The summed E-state index contributed by atoms with van der Waals surface area (Å²) < 4.78 is 31.6. The highest BCUT2D eigenvalue weighted by Gasteiger charge is 1.84. The van der Waals surface area contributed by atoms with Crippen molar-refractivity contribution in [1.29, 1.82) is 0 Å². The Bertz CT molecular complexity index is 147. The van der Waals surface area contributed by atoms with E-state index in [-0.39, 0.29) is 11.0 Å². The highest BCUT2D eigenvalue weighted by atomic mass is 32.3. The Kier molecular flexibility index (Phi) is 45.8. The largest absolute Gasteiger partial charge is 0.412 e. The Morgan fingerprint density at radius 2 is 0.800 bits per heavy atom. The number of hydrogen-bond acceptors (Lipinski definition) is 6. The molecule has 0 heterocycles. The van der Waals surface area contributed by atoms with Crippen molar-refractivity contribution in [1.82, 2.24) is 0 Å². The zero-order valence-corrected chi connectivity index (χ0v) is 9.07. The summed E-state index contributed by atoms with van der Waals surface area (Å²) in [5.41, 5.74) is 19.6. The molecule has 0 spiro atoms. The van der Waals surface area contributed by atoms with Gasteiger partial charge in [0.25, 0.3) is 0 Å². The van der Waals surface area contributed by atoms with Gasteiger partial charge in [-0.3, -0.25) is 9.11 Å². The Morgan fingerprint density at radius 3 is 0.800 bits per heavy atom. The average Bonchev–Trinajstić information content (AvgIpc) is 2.01. The van der Waals surface area contributed by atoms with E-state index < -0.39 is 10.4 Å². The predicted molar refractivity (Wildman–Crippen MR) is 57.6 cm³/mol. The van der Waals surface area contributed by atoms with Crippen LogP contribution in [0, 0.1) is 0 Å². The molecule has 0 aromatic rings. The SMILES string of the molecule is NCCN.NCCN.O.O.O=S(=O)(O)O. The molecule has 0 aromatic carbocycles. The van der Waals surface area contributed by atoms with Crippen LogP contribution in [0.1, 0.15) is 0 Å². The summed E-state index contributed by atoms with van der Waals surface area (Å²) in [4.78, 5) is 0. The minimum absolute atomic E-state index is 0. The van der Waals surface area contributed by atoms with Crippen molar-refractivity contribution in [2.75, 3.05) is 26.2 Å². The second-order valence-corrected chi connectivity index (χ2v) is 2.50. The third kappa shape index (κ3) is 694. The second-order valence-electron chi connectivity index (χ2n) is 1.60. The topological polar surface area (TPSA) is 242 Å². The lowest BCUT2D eigenvalue weighted by atomic mass is 10.7. The Hall–Kier alpha value is -0.370. The van der Waals surface area contributed by atoms with E-state index in [1.54, 1.807) is 0 Å². The number of nitrogens with two attached hydrogens (primary N) is 4. The Balaban J connectivity index is -0.0000000315. The molecule has 0 radical (unpaired) electrons. The molecule has 0 unspecified atom stereocenters. The van der Waals surface area contributed by atoms with Crippen molar-refractivity contribution < 1.29 is 28.5 Å². The van der Waals surface area contributed by atoms with Crippen LogP contribution in [0.5, 0.6) is 0 Å². The lowest BCUT2D eigenvalue weighted by Crippen LogP contribution is -2.11. The van der Waals surface area contributed by atoms with Crippen LogP contribution < -0.4 is 22.9 Å². The van der Waals surface area contributed by atoms with E-state index in [9.17, 15) is 0 Å². The molecule has 0 fully saturated rings. The first-order valence-corrected chi connectivity index (χ1v) is 4.73. The van der Waals surface area contributed by atoms with E-state index in [2.05, 4.69) is 0 Å². The molecule has 15 heavy (non-hydrogen) atoms. The summed E-state index contributed by atoms with van der Waals surface area (Å²) in [6, 6.07) is 0. The van der Waals surface area contributed by atoms with Crippen molar-refractivity contribution in [2.45, 2.75) is 0 Å². The van der Waals surface area contributed by atoms with Gasteiger partial charge in [-0.2, -0.15) is 8.42 Å². The third-order valence-electron chi connectivity index (χ3n) is 0.333. The Morgan fingerprint density at radius 1 is 0.733 bits per heavy atom. The minimum Gasteiger partial charge on any atom is -0.412 e. The van der Waals surface area contributed by atoms with Gasteiger partial charge in [-0.25, -0.2) is 0 Å². The standard InChI is InChI=1S/2C2H8N2.H2O4S.2H2O/c2*3-1-2-4;1-5(2,3)4;;/h2*1-4H2;(H2,1,2,3,4);2*1H2. The van der Waals surface area contributed by atoms with E-state index in [0.717, 1.165) is 0 Å². The molecule has 0 saturated heterocycles. The molecule has 100 valence electrons. The van der Waals surface area contributed by atoms with Crippen molar-refractivity contribution in [2.24, 2.45) is 22.9 Å². The smallest absolute Gasteiger partial charge is 0.394 e. The Labute approximate surface area is 88.8 Å². The molecular formula is C4H22N4O6S. The molecule has 0 aliphatic heterocycles. The van der Waals surface area contributed by atoms with Crippen LogP contribution in [0.4, 0.5) is 0 Å². The molecule has 0 amide bonds. The first-order valence-electron chi connectivity index (χ1n) is 3.33. The quantitative estimate of drug-likeness (QED) is 0.261. The van der Waals surface area contributed by atoms with E-state index in [1.807, 2.05) is 0 Å². The summed E-state index contributed by atoms with van der Waals surface area (Å²) in [5, 5.41) is 0. The molecule has 0 rings (SSSR count). The third-order valence-corrected chi connectivity index (χ3v) is 0.333. The zero-order chi connectivity index (χ0) is 11.3. The normalized spacial score (nSPS) is 7.87. The lowest BCUT2D eigenvalue weighted by molar-refractivity contribution is 0.381. The van der Waals surface area contributed by atoms with Gasteiger partial charge in [0.1, 0.15) is 0 Å². The number of rotatable bonds is 2. The maximum Gasteiger partial charge on any atom is 0.394 e. The predicted octanol–water partition coefficient (Wildman–Crippen LogP) is -4.49.